The summed E-state index contributed by atoms with van der Waals surface area (Å²) in [4.78, 5) is 7.73. The first-order valence-electron chi connectivity index (χ1n) is 7.87. The Balaban J connectivity index is 1.93. The highest BCUT2D eigenvalue weighted by molar-refractivity contribution is 5.82. The molecule has 0 bridgehead atoms. The molecule has 3 rings (SSSR count). The van der Waals surface area contributed by atoms with Crippen LogP contribution in [0.25, 0.3) is 22.2 Å². The summed E-state index contributed by atoms with van der Waals surface area (Å²) < 4.78 is 5.77. The number of hydrogen-bond donors (Lipinski definition) is 1. The first kappa shape index (κ1) is 15.2. The number of nitrogens with one attached hydrogen (secondary N) is 1. The summed E-state index contributed by atoms with van der Waals surface area (Å²) in [5, 5.41) is 0. The molecule has 2 aromatic carbocycles. The van der Waals surface area contributed by atoms with Gasteiger partial charge in [0.05, 0.1) is 17.6 Å². The van der Waals surface area contributed by atoms with E-state index in [4.69, 9.17) is 11.2 Å². The Hall–Kier alpha value is -2.73. The molecule has 0 atom stereocenters. The van der Waals surface area contributed by atoms with Gasteiger partial charge in [-0.1, -0.05) is 19.1 Å². The van der Waals surface area contributed by atoms with Gasteiger partial charge in [-0.25, -0.2) is 4.98 Å². The molecule has 0 fully saturated rings. The van der Waals surface area contributed by atoms with Gasteiger partial charge in [0, 0.05) is 6.42 Å². The first-order chi connectivity index (χ1) is 11.2. The Bertz CT molecular complexity index is 871. The molecular weight excluding hydrogens is 284 g/mol. The van der Waals surface area contributed by atoms with Gasteiger partial charge in [0.15, 0.2) is 0 Å². The third-order valence-corrected chi connectivity index (χ3v) is 3.88. The summed E-state index contributed by atoms with van der Waals surface area (Å²) in [5.41, 5.74) is 5.61. The SMILES string of the molecule is C#CCCOc1ccc(-c2ccc3nc(C)[nH]c3c2)cc1CC. The van der Waals surface area contributed by atoms with E-state index in [0.29, 0.717) is 13.0 Å². The number of aromatic nitrogens is 2. The summed E-state index contributed by atoms with van der Waals surface area (Å²) in [5.74, 6) is 4.45. The predicted octanol–water partition coefficient (Wildman–Crippen LogP) is 4.50. The fourth-order valence-electron chi connectivity index (χ4n) is 2.71. The lowest BCUT2D eigenvalue weighted by atomic mass is 10.0. The molecule has 1 N–H and O–H groups in total. The number of H-pyrrole nitrogens is 1. The Labute approximate surface area is 136 Å². The molecular formula is C20H20N2O. The Morgan fingerprint density at radius 3 is 2.74 bits per heavy atom. The van der Waals surface area contributed by atoms with Gasteiger partial charge in [0.2, 0.25) is 0 Å². The minimum Gasteiger partial charge on any atom is -0.492 e. The first-order valence-corrected chi connectivity index (χ1v) is 7.87. The zero-order valence-corrected chi connectivity index (χ0v) is 13.5. The molecule has 0 aliphatic carbocycles. The van der Waals surface area contributed by atoms with Gasteiger partial charge >= 0.3 is 0 Å². The molecule has 0 aliphatic heterocycles. The number of fused-ring (bicyclic) bond motifs is 1. The number of aryl methyl sites for hydroxylation is 2. The van der Waals surface area contributed by atoms with Crippen molar-refractivity contribution in [2.45, 2.75) is 26.7 Å². The number of benzene rings is 2. The molecule has 0 saturated heterocycles. The van der Waals surface area contributed by atoms with E-state index in [-0.39, 0.29) is 0 Å². The van der Waals surface area contributed by atoms with Crippen molar-refractivity contribution in [1.29, 1.82) is 0 Å². The van der Waals surface area contributed by atoms with E-state index in [1.165, 1.54) is 16.7 Å². The second-order valence-electron chi connectivity index (χ2n) is 5.53. The van der Waals surface area contributed by atoms with Crippen LogP contribution in [-0.4, -0.2) is 16.6 Å². The van der Waals surface area contributed by atoms with Crippen LogP contribution in [0.2, 0.25) is 0 Å². The zero-order chi connectivity index (χ0) is 16.2. The van der Waals surface area contributed by atoms with Gasteiger partial charge in [-0.2, -0.15) is 0 Å². The van der Waals surface area contributed by atoms with Crippen LogP contribution in [0.5, 0.6) is 5.75 Å². The molecule has 0 amide bonds. The van der Waals surface area contributed by atoms with Gasteiger partial charge in [0.1, 0.15) is 11.6 Å². The lowest BCUT2D eigenvalue weighted by Gasteiger charge is -2.11. The van der Waals surface area contributed by atoms with Crippen LogP contribution in [0.15, 0.2) is 36.4 Å². The van der Waals surface area contributed by atoms with Crippen LogP contribution in [0.1, 0.15) is 24.7 Å². The van der Waals surface area contributed by atoms with E-state index in [1.807, 2.05) is 13.0 Å². The quantitative estimate of drug-likeness (QED) is 0.556. The molecule has 3 nitrogen and oxygen atoms in total. The van der Waals surface area contributed by atoms with Crippen LogP contribution in [0, 0.1) is 19.3 Å². The van der Waals surface area contributed by atoms with Gasteiger partial charge in [-0.05, 0) is 54.3 Å². The number of ether oxygens (including phenoxy) is 1. The van der Waals surface area contributed by atoms with Crippen molar-refractivity contribution in [2.24, 2.45) is 0 Å². The number of hydrogen-bond acceptors (Lipinski definition) is 2. The number of imidazole rings is 1. The lowest BCUT2D eigenvalue weighted by Crippen LogP contribution is -1.99. The molecule has 1 aromatic heterocycles. The number of rotatable bonds is 5. The Morgan fingerprint density at radius 1 is 1.17 bits per heavy atom. The summed E-state index contributed by atoms with van der Waals surface area (Å²) in [6, 6.07) is 12.6. The fourth-order valence-corrected chi connectivity index (χ4v) is 2.71. The summed E-state index contributed by atoms with van der Waals surface area (Å²) in [6.45, 7) is 4.66. The van der Waals surface area contributed by atoms with Gasteiger partial charge in [0.25, 0.3) is 0 Å². The van der Waals surface area contributed by atoms with E-state index in [9.17, 15) is 0 Å². The standard InChI is InChI=1S/C20H20N2O/c1-4-6-11-23-20-10-8-16(12-15(20)5-2)17-7-9-18-19(13-17)22-14(3)21-18/h1,7-10,12-13H,5-6,11H2,2-3H3,(H,21,22). The smallest absolute Gasteiger partial charge is 0.122 e. The van der Waals surface area contributed by atoms with Crippen molar-refractivity contribution >= 4 is 11.0 Å². The number of nitrogens with zero attached hydrogens (tertiary/aromatic N) is 1. The maximum atomic E-state index is 5.77. The van der Waals surface area contributed by atoms with E-state index in [1.54, 1.807) is 0 Å². The Morgan fingerprint density at radius 2 is 1.96 bits per heavy atom. The minimum absolute atomic E-state index is 0.558. The van der Waals surface area contributed by atoms with Crippen LogP contribution in [0.4, 0.5) is 0 Å². The summed E-state index contributed by atoms with van der Waals surface area (Å²) >= 11 is 0. The molecule has 3 aromatic rings. The second kappa shape index (κ2) is 6.58. The van der Waals surface area contributed by atoms with E-state index < -0.39 is 0 Å². The molecule has 23 heavy (non-hydrogen) atoms. The maximum Gasteiger partial charge on any atom is 0.122 e. The average molecular weight is 304 g/mol. The highest BCUT2D eigenvalue weighted by atomic mass is 16.5. The monoisotopic (exact) mass is 304 g/mol. The van der Waals surface area contributed by atoms with Crippen LogP contribution < -0.4 is 4.74 Å². The molecule has 0 radical (unpaired) electrons. The van der Waals surface area contributed by atoms with Crippen molar-refractivity contribution in [3.8, 4) is 29.2 Å². The summed E-state index contributed by atoms with van der Waals surface area (Å²) in [6.07, 6.45) is 6.82. The molecule has 0 spiro atoms. The highest BCUT2D eigenvalue weighted by Crippen LogP contribution is 2.29. The maximum absolute atomic E-state index is 5.77. The van der Waals surface area contributed by atoms with Gasteiger partial charge < -0.3 is 9.72 Å². The van der Waals surface area contributed by atoms with Crippen LogP contribution in [-0.2, 0) is 6.42 Å². The zero-order valence-electron chi connectivity index (χ0n) is 13.5. The molecule has 116 valence electrons. The Kier molecular flexibility index (Phi) is 4.34. The largest absolute Gasteiger partial charge is 0.492 e. The lowest BCUT2D eigenvalue weighted by molar-refractivity contribution is 0.324. The topological polar surface area (TPSA) is 37.9 Å². The number of terminal acetylenes is 1. The molecule has 0 unspecified atom stereocenters. The van der Waals surface area contributed by atoms with Crippen molar-refractivity contribution in [3.05, 3.63) is 47.8 Å². The second-order valence-corrected chi connectivity index (χ2v) is 5.53. The highest BCUT2D eigenvalue weighted by Gasteiger charge is 2.07. The third kappa shape index (κ3) is 3.22. The van der Waals surface area contributed by atoms with E-state index in [2.05, 4.69) is 53.1 Å². The van der Waals surface area contributed by atoms with E-state index in [0.717, 1.165) is 29.0 Å². The molecule has 0 aliphatic rings. The van der Waals surface area contributed by atoms with E-state index >= 15 is 0 Å². The normalized spacial score (nSPS) is 10.7. The molecule has 0 saturated carbocycles. The third-order valence-electron chi connectivity index (χ3n) is 3.88. The molecule has 3 heteroatoms. The fraction of sp³-hybridized carbons (Fsp3) is 0.250. The van der Waals surface area contributed by atoms with Crippen molar-refractivity contribution in [1.82, 2.24) is 9.97 Å². The summed E-state index contributed by atoms with van der Waals surface area (Å²) in [7, 11) is 0. The average Bonchev–Trinajstić information content (AvgIpc) is 2.94. The van der Waals surface area contributed by atoms with Crippen LogP contribution in [0.3, 0.4) is 0 Å². The van der Waals surface area contributed by atoms with Gasteiger partial charge in [-0.15, -0.1) is 12.3 Å². The van der Waals surface area contributed by atoms with Crippen LogP contribution >= 0.6 is 0 Å². The van der Waals surface area contributed by atoms with Crippen molar-refractivity contribution < 1.29 is 4.74 Å². The number of aromatic amines is 1. The van der Waals surface area contributed by atoms with Gasteiger partial charge in [-0.3, -0.25) is 0 Å². The molecule has 1 heterocycles. The minimum atomic E-state index is 0.558. The van der Waals surface area contributed by atoms with Crippen molar-refractivity contribution in [2.75, 3.05) is 6.61 Å². The van der Waals surface area contributed by atoms with Crippen molar-refractivity contribution in [3.63, 3.8) is 0 Å². The predicted molar refractivity (Wildman–Crippen MR) is 94.6 cm³/mol.